The van der Waals surface area contributed by atoms with Crippen LogP contribution >= 0.6 is 24.8 Å². The van der Waals surface area contributed by atoms with E-state index >= 15 is 0 Å². The third kappa shape index (κ3) is 3.59. The van der Waals surface area contributed by atoms with E-state index in [1.807, 2.05) is 12.3 Å². The van der Waals surface area contributed by atoms with Crippen molar-refractivity contribution in [3.63, 3.8) is 0 Å². The Morgan fingerprint density at radius 3 is 2.84 bits per heavy atom. The molecular formula is C12H17Cl2N3O2. The number of nitrogens with two attached hydrogens (primary N) is 1. The van der Waals surface area contributed by atoms with Crippen molar-refractivity contribution < 1.29 is 9.53 Å². The lowest BCUT2D eigenvalue weighted by Crippen LogP contribution is -2.47. The minimum Gasteiger partial charge on any atom is -0.468 e. The van der Waals surface area contributed by atoms with Crippen molar-refractivity contribution in [2.45, 2.75) is 18.9 Å². The van der Waals surface area contributed by atoms with Crippen LogP contribution in [0.15, 0.2) is 24.7 Å². The van der Waals surface area contributed by atoms with E-state index in [0.29, 0.717) is 6.42 Å². The molecule has 0 bridgehead atoms. The molecule has 106 valence electrons. The number of aromatic amines is 1. The summed E-state index contributed by atoms with van der Waals surface area (Å²) in [4.78, 5) is 18.7. The molecule has 0 aliphatic heterocycles. The first-order valence-corrected chi connectivity index (χ1v) is 5.32. The molecule has 7 heteroatoms. The number of aromatic nitrogens is 2. The second-order valence-corrected chi connectivity index (χ2v) is 4.32. The predicted molar refractivity (Wildman–Crippen MR) is 78.9 cm³/mol. The Kier molecular flexibility index (Phi) is 6.29. The van der Waals surface area contributed by atoms with Crippen LogP contribution in [-0.4, -0.2) is 28.6 Å². The van der Waals surface area contributed by atoms with Gasteiger partial charge in [-0.1, -0.05) is 0 Å². The lowest BCUT2D eigenvalue weighted by Gasteiger charge is -2.20. The van der Waals surface area contributed by atoms with E-state index in [4.69, 9.17) is 5.73 Å². The number of halogens is 2. The summed E-state index contributed by atoms with van der Waals surface area (Å²) in [6.07, 6.45) is 5.73. The SMILES string of the molecule is COC(=O)C(C)(N)Cc1c[nH]c2ccncc12.Cl.Cl. The Balaban J connectivity index is 0.00000162. The maximum Gasteiger partial charge on any atom is 0.325 e. The first-order chi connectivity index (χ1) is 8.04. The van der Waals surface area contributed by atoms with Gasteiger partial charge in [0.15, 0.2) is 0 Å². The summed E-state index contributed by atoms with van der Waals surface area (Å²) in [5.74, 6) is -0.421. The standard InChI is InChI=1S/C12H15N3O2.2ClH/c1-12(13,11(16)17-2)5-8-6-15-10-3-4-14-7-9(8)10;;/h3-4,6-7,15H,5,13H2,1-2H3;2*1H. The Morgan fingerprint density at radius 1 is 1.53 bits per heavy atom. The fraction of sp³-hybridized carbons (Fsp3) is 0.333. The van der Waals surface area contributed by atoms with E-state index < -0.39 is 11.5 Å². The Hall–Kier alpha value is -1.30. The second kappa shape index (κ2) is 6.75. The molecule has 1 unspecified atom stereocenters. The van der Waals surface area contributed by atoms with Gasteiger partial charge in [0.2, 0.25) is 0 Å². The molecule has 0 amide bonds. The van der Waals surface area contributed by atoms with Crippen LogP contribution < -0.4 is 5.73 Å². The zero-order chi connectivity index (χ0) is 12.5. The minimum absolute atomic E-state index is 0. The molecule has 0 saturated heterocycles. The Morgan fingerprint density at radius 2 is 2.21 bits per heavy atom. The van der Waals surface area contributed by atoms with E-state index in [0.717, 1.165) is 16.5 Å². The van der Waals surface area contributed by atoms with E-state index in [1.165, 1.54) is 7.11 Å². The number of methoxy groups -OCH3 is 1. The largest absolute Gasteiger partial charge is 0.468 e. The summed E-state index contributed by atoms with van der Waals surface area (Å²) in [7, 11) is 1.34. The fourth-order valence-corrected chi connectivity index (χ4v) is 1.87. The van der Waals surface area contributed by atoms with Crippen molar-refractivity contribution in [2.75, 3.05) is 7.11 Å². The average molecular weight is 306 g/mol. The minimum atomic E-state index is -1.03. The van der Waals surface area contributed by atoms with E-state index in [-0.39, 0.29) is 24.8 Å². The van der Waals surface area contributed by atoms with Gasteiger partial charge < -0.3 is 15.5 Å². The number of nitrogens with one attached hydrogen (secondary N) is 1. The number of nitrogens with zero attached hydrogens (tertiary/aromatic N) is 1. The molecule has 0 spiro atoms. The van der Waals surface area contributed by atoms with Crippen LogP contribution in [0, 0.1) is 0 Å². The van der Waals surface area contributed by atoms with Gasteiger partial charge in [0.05, 0.1) is 7.11 Å². The van der Waals surface area contributed by atoms with Gasteiger partial charge in [0.1, 0.15) is 5.54 Å². The maximum absolute atomic E-state index is 11.5. The number of rotatable bonds is 3. The third-order valence-electron chi connectivity index (χ3n) is 2.78. The molecule has 3 N–H and O–H groups in total. The van der Waals surface area contributed by atoms with Crippen molar-refractivity contribution in [2.24, 2.45) is 5.73 Å². The van der Waals surface area contributed by atoms with Gasteiger partial charge in [0.25, 0.3) is 0 Å². The number of carbonyl (C=O) groups is 1. The highest BCUT2D eigenvalue weighted by Gasteiger charge is 2.30. The fourth-order valence-electron chi connectivity index (χ4n) is 1.87. The van der Waals surface area contributed by atoms with Crippen molar-refractivity contribution >= 4 is 41.7 Å². The van der Waals surface area contributed by atoms with Crippen LogP contribution in [0.2, 0.25) is 0 Å². The molecule has 0 aliphatic carbocycles. The van der Waals surface area contributed by atoms with Crippen molar-refractivity contribution in [3.8, 4) is 0 Å². The van der Waals surface area contributed by atoms with Gasteiger partial charge in [-0.2, -0.15) is 0 Å². The highest BCUT2D eigenvalue weighted by Crippen LogP contribution is 2.21. The van der Waals surface area contributed by atoms with Crippen molar-refractivity contribution in [1.82, 2.24) is 9.97 Å². The molecule has 0 radical (unpaired) electrons. The van der Waals surface area contributed by atoms with Crippen LogP contribution in [0.1, 0.15) is 12.5 Å². The third-order valence-corrected chi connectivity index (χ3v) is 2.78. The second-order valence-electron chi connectivity index (χ2n) is 4.32. The number of H-pyrrole nitrogens is 1. The van der Waals surface area contributed by atoms with Gasteiger partial charge >= 0.3 is 5.97 Å². The maximum atomic E-state index is 11.5. The smallest absolute Gasteiger partial charge is 0.325 e. The number of ether oxygens (including phenoxy) is 1. The average Bonchev–Trinajstić information content (AvgIpc) is 2.71. The van der Waals surface area contributed by atoms with Crippen molar-refractivity contribution in [1.29, 1.82) is 0 Å². The molecule has 2 aromatic rings. The van der Waals surface area contributed by atoms with Crippen molar-refractivity contribution in [3.05, 3.63) is 30.2 Å². The summed E-state index contributed by atoms with van der Waals surface area (Å²) < 4.78 is 4.69. The zero-order valence-electron chi connectivity index (χ0n) is 10.7. The highest BCUT2D eigenvalue weighted by molar-refractivity contribution is 5.86. The first-order valence-electron chi connectivity index (χ1n) is 5.32. The number of hydrogen-bond donors (Lipinski definition) is 2. The molecule has 2 rings (SSSR count). The number of esters is 1. The number of carbonyl (C=O) groups excluding carboxylic acids is 1. The van der Waals surface area contributed by atoms with E-state index in [9.17, 15) is 4.79 Å². The zero-order valence-corrected chi connectivity index (χ0v) is 12.3. The van der Waals surface area contributed by atoms with E-state index in [1.54, 1.807) is 19.3 Å². The van der Waals surface area contributed by atoms with Crippen LogP contribution in [0.3, 0.4) is 0 Å². The molecule has 5 nitrogen and oxygen atoms in total. The number of hydrogen-bond acceptors (Lipinski definition) is 4. The topological polar surface area (TPSA) is 81.0 Å². The Labute approximate surface area is 123 Å². The molecule has 2 heterocycles. The molecule has 1 atom stereocenters. The van der Waals surface area contributed by atoms with E-state index in [2.05, 4.69) is 14.7 Å². The molecular weight excluding hydrogens is 289 g/mol. The number of fused-ring (bicyclic) bond motifs is 1. The van der Waals surface area contributed by atoms with Gasteiger partial charge in [-0.15, -0.1) is 24.8 Å². The summed E-state index contributed by atoms with van der Waals surface area (Å²) in [5.41, 5.74) is 6.86. The van der Waals surface area contributed by atoms with Gasteiger partial charge in [-0.25, -0.2) is 0 Å². The van der Waals surface area contributed by atoms with Crippen LogP contribution in [0.25, 0.3) is 10.9 Å². The van der Waals surface area contributed by atoms with Gasteiger partial charge in [-0.05, 0) is 18.6 Å². The summed E-state index contributed by atoms with van der Waals surface area (Å²) in [6, 6.07) is 1.88. The van der Waals surface area contributed by atoms with Gasteiger partial charge in [-0.3, -0.25) is 9.78 Å². The molecule has 0 saturated carbocycles. The van der Waals surface area contributed by atoms with Gasteiger partial charge in [0, 0.05) is 35.9 Å². The number of pyridine rings is 1. The lowest BCUT2D eigenvalue weighted by molar-refractivity contribution is -0.146. The summed E-state index contributed by atoms with van der Waals surface area (Å²) in [6.45, 7) is 1.66. The summed E-state index contributed by atoms with van der Waals surface area (Å²) in [5, 5.41) is 0.980. The normalized spacial score (nSPS) is 13.0. The molecule has 0 aliphatic rings. The van der Waals surface area contributed by atoms with Crippen LogP contribution in [-0.2, 0) is 16.0 Å². The van der Waals surface area contributed by atoms with Crippen LogP contribution in [0.5, 0.6) is 0 Å². The predicted octanol–water partition coefficient (Wildman–Crippen LogP) is 1.84. The molecule has 0 fully saturated rings. The highest BCUT2D eigenvalue weighted by atomic mass is 35.5. The lowest BCUT2D eigenvalue weighted by atomic mass is 9.94. The Bertz CT molecular complexity index is 555. The molecule has 19 heavy (non-hydrogen) atoms. The molecule has 2 aromatic heterocycles. The first kappa shape index (κ1) is 17.7. The summed E-state index contributed by atoms with van der Waals surface area (Å²) >= 11 is 0. The monoisotopic (exact) mass is 305 g/mol. The molecule has 0 aromatic carbocycles. The quantitative estimate of drug-likeness (QED) is 0.848. The van der Waals surface area contributed by atoms with Crippen LogP contribution in [0.4, 0.5) is 0 Å².